The Morgan fingerprint density at radius 3 is 2.88 bits per heavy atom. The normalized spacial score (nSPS) is 10.8. The van der Waals surface area contributed by atoms with E-state index in [-0.39, 0.29) is 12.3 Å². The lowest BCUT2D eigenvalue weighted by Gasteiger charge is -2.06. The summed E-state index contributed by atoms with van der Waals surface area (Å²) < 4.78 is 6.10. The van der Waals surface area contributed by atoms with Gasteiger partial charge in [0.25, 0.3) is 11.6 Å². The minimum atomic E-state index is -0.427. The predicted molar refractivity (Wildman–Crippen MR) is 95.7 cm³/mol. The summed E-state index contributed by atoms with van der Waals surface area (Å²) in [7, 11) is 0. The molecule has 0 spiro atoms. The Balaban J connectivity index is 1.88. The second-order valence-electron chi connectivity index (χ2n) is 4.58. The minimum absolute atomic E-state index is 0.0764. The van der Waals surface area contributed by atoms with Crippen LogP contribution in [0.2, 0.25) is 0 Å². The number of benzene rings is 1. The van der Waals surface area contributed by atoms with Gasteiger partial charge in [0.2, 0.25) is 0 Å². The van der Waals surface area contributed by atoms with Crippen LogP contribution in [0.1, 0.15) is 16.7 Å². The number of carbonyl (C=O) groups is 1. The third-order valence-electron chi connectivity index (χ3n) is 2.90. The van der Waals surface area contributed by atoms with E-state index in [0.29, 0.717) is 21.9 Å². The monoisotopic (exact) mass is 411 g/mol. The smallest absolute Gasteiger partial charge is 0.283 e. The molecule has 1 amide bonds. The first-order chi connectivity index (χ1) is 11.5. The predicted octanol–water partition coefficient (Wildman–Crippen LogP) is 3.51. The highest BCUT2D eigenvalue weighted by atomic mass is 79.9. The van der Waals surface area contributed by atoms with Gasteiger partial charge in [0, 0.05) is 6.07 Å². The fraction of sp³-hybridized carbons (Fsp3) is 0.200. The van der Waals surface area contributed by atoms with Crippen molar-refractivity contribution in [2.24, 2.45) is 5.10 Å². The summed E-state index contributed by atoms with van der Waals surface area (Å²) >= 11 is 4.59. The zero-order chi connectivity index (χ0) is 17.5. The summed E-state index contributed by atoms with van der Waals surface area (Å²) in [6.07, 6.45) is 1.95. The van der Waals surface area contributed by atoms with E-state index in [1.807, 2.05) is 13.0 Å². The van der Waals surface area contributed by atoms with Crippen molar-refractivity contribution in [3.8, 4) is 5.75 Å². The van der Waals surface area contributed by atoms with E-state index in [1.54, 1.807) is 18.2 Å². The second kappa shape index (κ2) is 8.55. The Morgan fingerprint density at radius 1 is 1.50 bits per heavy atom. The number of rotatable bonds is 7. The Kier molecular flexibility index (Phi) is 6.44. The first-order valence-electron chi connectivity index (χ1n) is 6.97. The van der Waals surface area contributed by atoms with Crippen molar-refractivity contribution >= 4 is 45.1 Å². The lowest BCUT2D eigenvalue weighted by molar-refractivity contribution is -0.385. The van der Waals surface area contributed by atoms with Crippen LogP contribution in [-0.2, 0) is 11.2 Å². The quantitative estimate of drug-likeness (QED) is 0.428. The first-order valence-corrected chi connectivity index (χ1v) is 8.58. The van der Waals surface area contributed by atoms with E-state index in [9.17, 15) is 14.9 Å². The average Bonchev–Trinajstić information content (AvgIpc) is 2.98. The van der Waals surface area contributed by atoms with Gasteiger partial charge < -0.3 is 4.74 Å². The number of carbonyl (C=O) groups excluding carboxylic acids is 1. The van der Waals surface area contributed by atoms with Crippen LogP contribution < -0.4 is 10.2 Å². The molecular weight excluding hydrogens is 398 g/mol. The van der Waals surface area contributed by atoms with E-state index in [1.165, 1.54) is 23.6 Å². The SMILES string of the molecule is CCc1sc(/C=N\NC(=O)COc2ccccc2Br)cc1[N+](=O)[O-]. The highest BCUT2D eigenvalue weighted by molar-refractivity contribution is 9.10. The van der Waals surface area contributed by atoms with Gasteiger partial charge in [0.05, 0.1) is 25.4 Å². The number of ether oxygens (including phenoxy) is 1. The topological polar surface area (TPSA) is 93.8 Å². The summed E-state index contributed by atoms with van der Waals surface area (Å²) in [5, 5.41) is 14.7. The lowest BCUT2D eigenvalue weighted by Crippen LogP contribution is -2.24. The van der Waals surface area contributed by atoms with Gasteiger partial charge in [-0.15, -0.1) is 11.3 Å². The van der Waals surface area contributed by atoms with Crippen LogP contribution in [0.3, 0.4) is 0 Å². The Hall–Kier alpha value is -2.26. The van der Waals surface area contributed by atoms with Crippen LogP contribution in [-0.4, -0.2) is 23.7 Å². The van der Waals surface area contributed by atoms with Crippen LogP contribution in [0.15, 0.2) is 39.9 Å². The molecule has 0 aliphatic heterocycles. The fourth-order valence-electron chi connectivity index (χ4n) is 1.82. The van der Waals surface area contributed by atoms with E-state index in [4.69, 9.17) is 4.74 Å². The van der Waals surface area contributed by atoms with Crippen molar-refractivity contribution in [3.63, 3.8) is 0 Å². The molecule has 0 radical (unpaired) electrons. The number of hydrazone groups is 1. The van der Waals surface area contributed by atoms with Crippen molar-refractivity contribution in [2.75, 3.05) is 6.61 Å². The van der Waals surface area contributed by atoms with Crippen LogP contribution in [0.5, 0.6) is 5.75 Å². The standard InChI is InChI=1S/C15H14BrN3O4S/c1-2-14-12(19(21)22)7-10(24-14)8-17-18-15(20)9-23-13-6-4-3-5-11(13)16/h3-8H,2,9H2,1H3,(H,18,20)/b17-8-. The number of thiophene rings is 1. The molecule has 7 nitrogen and oxygen atoms in total. The molecule has 0 saturated carbocycles. The Labute approximate surface area is 150 Å². The van der Waals surface area contributed by atoms with Gasteiger partial charge in [-0.1, -0.05) is 19.1 Å². The number of nitrogens with zero attached hydrogens (tertiary/aromatic N) is 2. The molecule has 0 bridgehead atoms. The number of hydrogen-bond donors (Lipinski definition) is 1. The van der Waals surface area contributed by atoms with Crippen molar-refractivity contribution in [2.45, 2.75) is 13.3 Å². The zero-order valence-electron chi connectivity index (χ0n) is 12.7. The van der Waals surface area contributed by atoms with E-state index in [0.717, 1.165) is 4.47 Å². The van der Waals surface area contributed by atoms with Gasteiger partial charge >= 0.3 is 0 Å². The maximum Gasteiger partial charge on any atom is 0.283 e. The van der Waals surface area contributed by atoms with Gasteiger partial charge in [0.1, 0.15) is 5.75 Å². The first kappa shape index (κ1) is 18.1. The fourth-order valence-corrected chi connectivity index (χ4v) is 3.16. The number of nitro groups is 1. The second-order valence-corrected chi connectivity index (χ2v) is 6.60. The molecule has 1 aromatic heterocycles. The molecule has 0 aliphatic rings. The van der Waals surface area contributed by atoms with Gasteiger partial charge in [-0.3, -0.25) is 14.9 Å². The van der Waals surface area contributed by atoms with E-state index >= 15 is 0 Å². The number of para-hydroxylation sites is 1. The lowest BCUT2D eigenvalue weighted by atomic mass is 10.3. The molecule has 2 rings (SSSR count). The van der Waals surface area contributed by atoms with Gasteiger partial charge in [-0.05, 0) is 34.5 Å². The maximum atomic E-state index is 11.7. The highest BCUT2D eigenvalue weighted by Gasteiger charge is 2.16. The number of aryl methyl sites for hydroxylation is 1. The van der Waals surface area contributed by atoms with E-state index < -0.39 is 10.8 Å². The van der Waals surface area contributed by atoms with Crippen molar-refractivity contribution < 1.29 is 14.5 Å². The molecule has 1 heterocycles. The molecular formula is C15H14BrN3O4S. The molecule has 0 atom stereocenters. The molecule has 0 aliphatic carbocycles. The van der Waals surface area contributed by atoms with Crippen LogP contribution >= 0.6 is 27.3 Å². The molecule has 0 unspecified atom stereocenters. The molecule has 1 aromatic carbocycles. The third kappa shape index (κ3) is 4.87. The number of halogens is 1. The van der Waals surface area contributed by atoms with Crippen LogP contribution in [0, 0.1) is 10.1 Å². The largest absolute Gasteiger partial charge is 0.483 e. The molecule has 0 saturated heterocycles. The molecule has 2 aromatic rings. The van der Waals surface area contributed by atoms with Crippen molar-refractivity contribution in [1.82, 2.24) is 5.43 Å². The van der Waals surface area contributed by atoms with Crippen LogP contribution in [0.4, 0.5) is 5.69 Å². The number of amides is 1. The molecule has 24 heavy (non-hydrogen) atoms. The molecule has 1 N–H and O–H groups in total. The Bertz CT molecular complexity index is 776. The molecule has 9 heteroatoms. The van der Waals surface area contributed by atoms with Crippen LogP contribution in [0.25, 0.3) is 0 Å². The summed E-state index contributed by atoms with van der Waals surface area (Å²) in [6.45, 7) is 1.66. The summed E-state index contributed by atoms with van der Waals surface area (Å²) in [4.78, 5) is 23.4. The summed E-state index contributed by atoms with van der Waals surface area (Å²) in [5.74, 6) is 0.127. The Morgan fingerprint density at radius 2 is 2.25 bits per heavy atom. The highest BCUT2D eigenvalue weighted by Crippen LogP contribution is 2.28. The van der Waals surface area contributed by atoms with Crippen molar-refractivity contribution in [1.29, 1.82) is 0 Å². The molecule has 126 valence electrons. The maximum absolute atomic E-state index is 11.7. The average molecular weight is 412 g/mol. The number of nitrogens with one attached hydrogen (secondary N) is 1. The summed E-state index contributed by atoms with van der Waals surface area (Å²) in [6, 6.07) is 8.62. The third-order valence-corrected chi connectivity index (χ3v) is 4.76. The van der Waals surface area contributed by atoms with Crippen molar-refractivity contribution in [3.05, 3.63) is 54.7 Å². The van der Waals surface area contributed by atoms with Gasteiger partial charge in [0.15, 0.2) is 6.61 Å². The zero-order valence-corrected chi connectivity index (χ0v) is 15.1. The summed E-state index contributed by atoms with van der Waals surface area (Å²) in [5.41, 5.74) is 2.40. The molecule has 0 fully saturated rings. The number of hydrogen-bond acceptors (Lipinski definition) is 6. The van der Waals surface area contributed by atoms with E-state index in [2.05, 4.69) is 26.5 Å². The van der Waals surface area contributed by atoms with Gasteiger partial charge in [-0.25, -0.2) is 5.43 Å². The minimum Gasteiger partial charge on any atom is -0.483 e. The van der Waals surface area contributed by atoms with Gasteiger partial charge in [-0.2, -0.15) is 5.10 Å².